The highest BCUT2D eigenvalue weighted by Crippen LogP contribution is 2.35. The highest BCUT2D eigenvalue weighted by molar-refractivity contribution is 9.10. The molecule has 2 aromatic rings. The lowest BCUT2D eigenvalue weighted by molar-refractivity contribution is -0.135. The van der Waals surface area contributed by atoms with Crippen molar-refractivity contribution in [2.45, 2.75) is 58.5 Å². The fraction of sp³-hybridized carbons (Fsp3) is 0.458. The van der Waals surface area contributed by atoms with Crippen LogP contribution in [0.15, 0.2) is 33.8 Å². The molecule has 0 bridgehead atoms. The lowest BCUT2D eigenvalue weighted by Gasteiger charge is -2.33. The van der Waals surface area contributed by atoms with Crippen molar-refractivity contribution in [1.82, 2.24) is 14.4 Å². The van der Waals surface area contributed by atoms with Crippen LogP contribution in [-0.4, -0.2) is 50.6 Å². The molecule has 4 rings (SSSR count). The fourth-order valence-electron chi connectivity index (χ4n) is 4.40. The van der Waals surface area contributed by atoms with Crippen LogP contribution >= 0.6 is 27.7 Å². The third kappa shape index (κ3) is 4.66. The van der Waals surface area contributed by atoms with Gasteiger partial charge in [0.25, 0.3) is 11.1 Å². The van der Waals surface area contributed by atoms with Gasteiger partial charge in [0.2, 0.25) is 5.91 Å². The Morgan fingerprint density at radius 2 is 2.09 bits per heavy atom. The Bertz CT molecular complexity index is 1090. The molecule has 8 heteroatoms. The third-order valence-electron chi connectivity index (χ3n) is 6.20. The second-order valence-electron chi connectivity index (χ2n) is 8.49. The highest BCUT2D eigenvalue weighted by Gasteiger charge is 2.34. The summed E-state index contributed by atoms with van der Waals surface area (Å²) in [7, 11) is 0. The maximum Gasteiger partial charge on any atom is 0.293 e. The van der Waals surface area contributed by atoms with Crippen LogP contribution in [-0.2, 0) is 16.1 Å². The second-order valence-corrected chi connectivity index (χ2v) is 10.4. The maximum absolute atomic E-state index is 13.1. The summed E-state index contributed by atoms with van der Waals surface area (Å²) >= 11 is 4.52. The summed E-state index contributed by atoms with van der Waals surface area (Å²) in [6, 6.07) is 6.19. The number of carbonyl (C=O) groups excluding carboxylic acids is 3. The Morgan fingerprint density at radius 1 is 1.28 bits per heavy atom. The van der Waals surface area contributed by atoms with Crippen molar-refractivity contribution in [3.63, 3.8) is 0 Å². The van der Waals surface area contributed by atoms with Crippen molar-refractivity contribution in [2.75, 3.05) is 13.1 Å². The van der Waals surface area contributed by atoms with Crippen LogP contribution in [0, 0.1) is 0 Å². The van der Waals surface area contributed by atoms with Crippen molar-refractivity contribution < 1.29 is 14.4 Å². The number of hydrogen-bond donors (Lipinski definition) is 0. The standard InChI is InChI=1S/C24H28BrN3O3S/c1-3-4-10-28-23(30)21(32-24(28)31)12-17-14-26(20-9-8-18(25)13-19(17)20)15-22(29)27-11-6-5-7-16(27)2/h8-9,12-14,16H,3-7,10-11,15H2,1-2H3/b21-12-/t16-/m0/s1. The number of aromatic nitrogens is 1. The van der Waals surface area contributed by atoms with E-state index in [1.54, 1.807) is 6.08 Å². The molecule has 170 valence electrons. The van der Waals surface area contributed by atoms with Gasteiger partial charge < -0.3 is 9.47 Å². The van der Waals surface area contributed by atoms with Gasteiger partial charge in [-0.25, -0.2) is 0 Å². The summed E-state index contributed by atoms with van der Waals surface area (Å²) in [4.78, 5) is 41.9. The molecular weight excluding hydrogens is 490 g/mol. The summed E-state index contributed by atoms with van der Waals surface area (Å²) in [5.74, 6) is -0.119. The van der Waals surface area contributed by atoms with Crippen molar-refractivity contribution in [3.8, 4) is 0 Å². The van der Waals surface area contributed by atoms with E-state index in [4.69, 9.17) is 0 Å². The molecule has 6 nitrogen and oxygen atoms in total. The molecule has 2 aliphatic heterocycles. The summed E-state index contributed by atoms with van der Waals surface area (Å²) in [6.07, 6.45) is 8.70. The molecule has 3 heterocycles. The number of imide groups is 1. The molecule has 1 atom stereocenters. The number of fused-ring (bicyclic) bond motifs is 1. The molecule has 0 N–H and O–H groups in total. The first-order chi connectivity index (χ1) is 15.4. The first-order valence-corrected chi connectivity index (χ1v) is 12.8. The Labute approximate surface area is 201 Å². The van der Waals surface area contributed by atoms with Crippen LogP contribution in [0.1, 0.15) is 51.5 Å². The fourth-order valence-corrected chi connectivity index (χ4v) is 5.62. The molecule has 0 aliphatic carbocycles. The van der Waals surface area contributed by atoms with E-state index in [0.717, 1.165) is 64.9 Å². The Kier molecular flexibility index (Phi) is 7.10. The zero-order valence-electron chi connectivity index (χ0n) is 18.5. The van der Waals surface area contributed by atoms with Crippen LogP contribution < -0.4 is 0 Å². The van der Waals surface area contributed by atoms with Crippen LogP contribution in [0.25, 0.3) is 17.0 Å². The van der Waals surface area contributed by atoms with Gasteiger partial charge in [0.15, 0.2) is 0 Å². The van der Waals surface area contributed by atoms with Crippen molar-refractivity contribution in [2.24, 2.45) is 0 Å². The van der Waals surface area contributed by atoms with Crippen molar-refractivity contribution in [3.05, 3.63) is 39.3 Å². The number of nitrogens with zero attached hydrogens (tertiary/aromatic N) is 3. The van der Waals surface area contributed by atoms with Crippen molar-refractivity contribution >= 4 is 61.7 Å². The highest BCUT2D eigenvalue weighted by atomic mass is 79.9. The van der Waals surface area contributed by atoms with E-state index >= 15 is 0 Å². The zero-order chi connectivity index (χ0) is 22.8. The molecule has 2 aliphatic rings. The number of hydrogen-bond acceptors (Lipinski definition) is 4. The average molecular weight is 518 g/mol. The minimum atomic E-state index is -0.234. The van der Waals surface area contributed by atoms with E-state index in [2.05, 4.69) is 22.9 Å². The quantitative estimate of drug-likeness (QED) is 0.465. The minimum absolute atomic E-state index is 0.114. The summed E-state index contributed by atoms with van der Waals surface area (Å²) in [5.41, 5.74) is 1.77. The number of halogens is 1. The number of amides is 3. The largest absolute Gasteiger partial charge is 0.338 e. The predicted octanol–water partition coefficient (Wildman–Crippen LogP) is 5.64. The van der Waals surface area contributed by atoms with Crippen LogP contribution in [0.5, 0.6) is 0 Å². The zero-order valence-corrected chi connectivity index (χ0v) is 20.9. The van der Waals surface area contributed by atoms with Gasteiger partial charge in [0.05, 0.1) is 4.91 Å². The summed E-state index contributed by atoms with van der Waals surface area (Å²) in [5, 5.41) is 0.730. The average Bonchev–Trinajstić information content (AvgIpc) is 3.23. The third-order valence-corrected chi connectivity index (χ3v) is 7.60. The molecule has 0 unspecified atom stereocenters. The lowest BCUT2D eigenvalue weighted by Crippen LogP contribution is -2.43. The van der Waals surface area contributed by atoms with Crippen LogP contribution in [0.2, 0.25) is 0 Å². The van der Waals surface area contributed by atoms with Gasteiger partial charge in [-0.05, 0) is 68.6 Å². The second kappa shape index (κ2) is 9.83. The molecule has 2 saturated heterocycles. The molecule has 1 aromatic carbocycles. The summed E-state index contributed by atoms with van der Waals surface area (Å²) in [6.45, 7) is 5.67. The van der Waals surface area contributed by atoms with E-state index < -0.39 is 0 Å². The van der Waals surface area contributed by atoms with E-state index in [-0.39, 0.29) is 29.6 Å². The minimum Gasteiger partial charge on any atom is -0.338 e. The van der Waals surface area contributed by atoms with Gasteiger partial charge in [-0.1, -0.05) is 29.3 Å². The van der Waals surface area contributed by atoms with Crippen LogP contribution in [0.3, 0.4) is 0 Å². The van der Waals surface area contributed by atoms with E-state index in [9.17, 15) is 14.4 Å². The van der Waals surface area contributed by atoms with Crippen molar-refractivity contribution in [1.29, 1.82) is 0 Å². The van der Waals surface area contributed by atoms with Gasteiger partial charge in [0, 0.05) is 46.3 Å². The van der Waals surface area contributed by atoms with Gasteiger partial charge >= 0.3 is 0 Å². The Morgan fingerprint density at radius 3 is 2.84 bits per heavy atom. The first-order valence-electron chi connectivity index (χ1n) is 11.2. The van der Waals surface area contributed by atoms with E-state index in [1.807, 2.05) is 40.8 Å². The van der Waals surface area contributed by atoms with E-state index in [0.29, 0.717) is 11.4 Å². The molecule has 32 heavy (non-hydrogen) atoms. The number of thioether (sulfide) groups is 1. The SMILES string of the molecule is CCCCN1C(=O)S/C(=C\c2cn(CC(=O)N3CCCC[C@@H]3C)c3ccc(Br)cc23)C1=O. The molecule has 0 radical (unpaired) electrons. The lowest BCUT2D eigenvalue weighted by atomic mass is 10.0. The maximum atomic E-state index is 13.1. The van der Waals surface area contributed by atoms with Gasteiger partial charge in [0.1, 0.15) is 6.54 Å². The van der Waals surface area contributed by atoms with Gasteiger partial charge in [-0.15, -0.1) is 0 Å². The molecular formula is C24H28BrN3O3S. The number of benzene rings is 1. The number of piperidine rings is 1. The van der Waals surface area contributed by atoms with Crippen LogP contribution in [0.4, 0.5) is 4.79 Å². The number of rotatable bonds is 6. The Hall–Kier alpha value is -2.06. The molecule has 1 aromatic heterocycles. The molecule has 3 amide bonds. The number of likely N-dealkylation sites (tertiary alicyclic amines) is 1. The van der Waals surface area contributed by atoms with Gasteiger partial charge in [-0.3, -0.25) is 19.3 Å². The Balaban J connectivity index is 1.65. The molecule has 0 saturated carbocycles. The van der Waals surface area contributed by atoms with Gasteiger partial charge in [-0.2, -0.15) is 0 Å². The monoisotopic (exact) mass is 517 g/mol. The normalized spacial score (nSPS) is 20.7. The number of carbonyl (C=O) groups is 3. The number of unbranched alkanes of at least 4 members (excludes halogenated alkanes) is 1. The van der Waals surface area contributed by atoms with E-state index in [1.165, 1.54) is 11.3 Å². The predicted molar refractivity (Wildman–Crippen MR) is 132 cm³/mol. The molecule has 0 spiro atoms. The smallest absolute Gasteiger partial charge is 0.293 e. The first kappa shape index (κ1) is 23.1. The molecule has 2 fully saturated rings. The summed E-state index contributed by atoms with van der Waals surface area (Å²) < 4.78 is 2.88. The topological polar surface area (TPSA) is 62.6 Å².